The van der Waals surface area contributed by atoms with E-state index in [1.165, 1.54) is 11.8 Å². The molecule has 1 atom stereocenters. The Bertz CT molecular complexity index is 1070. The molecule has 5 rings (SSSR count). The van der Waals surface area contributed by atoms with Gasteiger partial charge in [-0.3, -0.25) is 0 Å². The maximum Gasteiger partial charge on any atom is 0.211 e. The molecule has 6 nitrogen and oxygen atoms in total. The van der Waals surface area contributed by atoms with Crippen LogP contribution in [0, 0.1) is 0 Å². The molecule has 0 radical (unpaired) electrons. The molecule has 25 heavy (non-hydrogen) atoms. The first-order valence-electron chi connectivity index (χ1n) is 8.02. The molecular weight excluding hydrogens is 336 g/mol. The van der Waals surface area contributed by atoms with Crippen LogP contribution in [0.3, 0.4) is 0 Å². The number of hydrogen-bond acceptors (Lipinski definition) is 6. The van der Waals surface area contributed by atoms with E-state index < -0.39 is 0 Å². The van der Waals surface area contributed by atoms with Crippen molar-refractivity contribution in [1.82, 2.24) is 20.2 Å². The first-order valence-corrected chi connectivity index (χ1v) is 9.00. The molecule has 3 heterocycles. The third-order valence-electron chi connectivity index (χ3n) is 4.20. The molecule has 4 aromatic rings. The van der Waals surface area contributed by atoms with Gasteiger partial charge in [0, 0.05) is 28.6 Å². The molecule has 0 saturated carbocycles. The minimum Gasteiger partial charge on any atom is -0.338 e. The van der Waals surface area contributed by atoms with Crippen LogP contribution in [0.25, 0.3) is 22.1 Å². The second kappa shape index (κ2) is 6.02. The fraction of sp³-hybridized carbons (Fsp3) is 0.167. The average Bonchev–Trinajstić information content (AvgIpc) is 3.04. The maximum atomic E-state index is 5.46. The fourth-order valence-corrected chi connectivity index (χ4v) is 3.74. The minimum atomic E-state index is -0.0399. The maximum absolute atomic E-state index is 5.46. The Morgan fingerprint density at radius 3 is 2.96 bits per heavy atom. The normalized spacial score (nSPS) is 16.7. The second-order valence-electron chi connectivity index (χ2n) is 5.89. The van der Waals surface area contributed by atoms with Crippen molar-refractivity contribution < 1.29 is 9.78 Å². The lowest BCUT2D eigenvalue weighted by atomic mass is 10.1. The standard InChI is InChI=1S/C18H14N4O2S/c1-4-8-15-11(5-1)9-12(23-24-15)10-25-18-20-17-16(21-22-18)13-6-2-3-7-14(13)19-17/h1-8,12H,9-10H2,(H,19,20,22). The Hall–Kier alpha value is -2.64. The monoisotopic (exact) mass is 350 g/mol. The highest BCUT2D eigenvalue weighted by atomic mass is 32.2. The van der Waals surface area contributed by atoms with Crippen molar-refractivity contribution in [3.05, 3.63) is 54.1 Å². The van der Waals surface area contributed by atoms with Crippen molar-refractivity contribution in [2.24, 2.45) is 0 Å². The van der Waals surface area contributed by atoms with E-state index in [-0.39, 0.29) is 6.10 Å². The molecule has 0 spiro atoms. The van der Waals surface area contributed by atoms with Gasteiger partial charge in [-0.2, -0.15) is 4.89 Å². The van der Waals surface area contributed by atoms with Crippen molar-refractivity contribution >= 4 is 33.8 Å². The number of rotatable bonds is 3. The lowest BCUT2D eigenvalue weighted by Gasteiger charge is -2.23. The van der Waals surface area contributed by atoms with Gasteiger partial charge >= 0.3 is 0 Å². The van der Waals surface area contributed by atoms with Crippen molar-refractivity contribution in [3.8, 4) is 5.75 Å². The summed E-state index contributed by atoms with van der Waals surface area (Å²) in [7, 11) is 0. The predicted molar refractivity (Wildman–Crippen MR) is 95.6 cm³/mol. The number of thioether (sulfide) groups is 1. The minimum absolute atomic E-state index is 0.0399. The highest BCUT2D eigenvalue weighted by Crippen LogP contribution is 2.28. The van der Waals surface area contributed by atoms with Crippen LogP contribution >= 0.6 is 11.8 Å². The molecule has 0 aliphatic carbocycles. The van der Waals surface area contributed by atoms with Crippen molar-refractivity contribution in [2.45, 2.75) is 17.7 Å². The second-order valence-corrected chi connectivity index (χ2v) is 6.87. The van der Waals surface area contributed by atoms with Crippen LogP contribution in [0.15, 0.2) is 53.7 Å². The first kappa shape index (κ1) is 14.7. The van der Waals surface area contributed by atoms with Crippen LogP contribution in [0.4, 0.5) is 0 Å². The zero-order chi connectivity index (χ0) is 16.6. The van der Waals surface area contributed by atoms with Crippen molar-refractivity contribution in [3.63, 3.8) is 0 Å². The largest absolute Gasteiger partial charge is 0.338 e. The number of para-hydroxylation sites is 2. The number of aromatic nitrogens is 4. The van der Waals surface area contributed by atoms with E-state index >= 15 is 0 Å². The van der Waals surface area contributed by atoms with Gasteiger partial charge in [-0.15, -0.1) is 10.2 Å². The molecule has 0 bridgehead atoms. The smallest absolute Gasteiger partial charge is 0.211 e. The molecule has 1 unspecified atom stereocenters. The quantitative estimate of drug-likeness (QED) is 0.450. The zero-order valence-corrected chi connectivity index (χ0v) is 14.0. The molecule has 0 saturated heterocycles. The molecular formula is C18H14N4O2S. The number of fused-ring (bicyclic) bond motifs is 4. The number of hydrogen-bond donors (Lipinski definition) is 1. The summed E-state index contributed by atoms with van der Waals surface area (Å²) in [6.45, 7) is 0. The lowest BCUT2D eigenvalue weighted by molar-refractivity contribution is -0.247. The summed E-state index contributed by atoms with van der Waals surface area (Å²) in [4.78, 5) is 18.7. The van der Waals surface area contributed by atoms with Gasteiger partial charge in [0.25, 0.3) is 0 Å². The third kappa shape index (κ3) is 2.71. The number of H-pyrrole nitrogens is 1. The number of nitrogens with one attached hydrogen (secondary N) is 1. The van der Waals surface area contributed by atoms with Crippen LogP contribution < -0.4 is 4.89 Å². The highest BCUT2D eigenvalue weighted by Gasteiger charge is 2.22. The summed E-state index contributed by atoms with van der Waals surface area (Å²) < 4.78 is 0. The lowest BCUT2D eigenvalue weighted by Crippen LogP contribution is -2.25. The SMILES string of the molecule is c1ccc2c(c1)CC(CSc1nnc3c(n1)[nH]c1ccccc13)OO2. The summed E-state index contributed by atoms with van der Waals surface area (Å²) in [5.41, 5.74) is 3.72. The number of benzene rings is 2. The average molecular weight is 350 g/mol. The summed E-state index contributed by atoms with van der Waals surface area (Å²) in [6.07, 6.45) is 0.771. The van der Waals surface area contributed by atoms with E-state index in [4.69, 9.17) is 9.78 Å². The number of aromatic amines is 1. The van der Waals surface area contributed by atoms with Gasteiger partial charge in [-0.05, 0) is 12.1 Å². The van der Waals surface area contributed by atoms with Gasteiger partial charge in [0.1, 0.15) is 11.6 Å². The van der Waals surface area contributed by atoms with Crippen LogP contribution in [0.5, 0.6) is 5.75 Å². The summed E-state index contributed by atoms with van der Waals surface area (Å²) >= 11 is 1.52. The van der Waals surface area contributed by atoms with E-state index in [1.807, 2.05) is 42.5 Å². The van der Waals surface area contributed by atoms with Gasteiger partial charge in [0.2, 0.25) is 5.16 Å². The molecule has 2 aromatic carbocycles. The highest BCUT2D eigenvalue weighted by molar-refractivity contribution is 7.99. The van der Waals surface area contributed by atoms with Crippen LogP contribution in [0.2, 0.25) is 0 Å². The van der Waals surface area contributed by atoms with Crippen LogP contribution in [-0.4, -0.2) is 32.0 Å². The predicted octanol–water partition coefficient (Wildman–Crippen LogP) is 3.53. The summed E-state index contributed by atoms with van der Waals surface area (Å²) in [6, 6.07) is 15.9. The van der Waals surface area contributed by atoms with E-state index in [0.717, 1.165) is 39.8 Å². The molecule has 0 amide bonds. The molecule has 1 aliphatic rings. The Balaban J connectivity index is 1.34. The fourth-order valence-electron chi connectivity index (χ4n) is 2.97. The number of nitrogens with zero attached hydrogens (tertiary/aromatic N) is 3. The molecule has 2 aromatic heterocycles. The molecule has 1 N–H and O–H groups in total. The van der Waals surface area contributed by atoms with E-state index in [1.54, 1.807) is 0 Å². The van der Waals surface area contributed by atoms with E-state index in [0.29, 0.717) is 10.9 Å². The molecule has 7 heteroatoms. The summed E-state index contributed by atoms with van der Waals surface area (Å²) in [5.74, 6) is 1.49. The van der Waals surface area contributed by atoms with Gasteiger partial charge in [0.05, 0.1) is 0 Å². The van der Waals surface area contributed by atoms with Gasteiger partial charge in [-0.1, -0.05) is 48.2 Å². The van der Waals surface area contributed by atoms with Crippen LogP contribution in [-0.2, 0) is 11.3 Å². The summed E-state index contributed by atoms with van der Waals surface area (Å²) in [5, 5.41) is 10.2. The Morgan fingerprint density at radius 2 is 1.96 bits per heavy atom. The first-order chi connectivity index (χ1) is 12.4. The Labute approximate surface area is 147 Å². The topological polar surface area (TPSA) is 72.9 Å². The van der Waals surface area contributed by atoms with Gasteiger partial charge in [0.15, 0.2) is 11.4 Å². The van der Waals surface area contributed by atoms with Gasteiger partial charge < -0.3 is 9.87 Å². The third-order valence-corrected chi connectivity index (χ3v) is 5.16. The zero-order valence-electron chi connectivity index (χ0n) is 13.2. The molecule has 1 aliphatic heterocycles. The Morgan fingerprint density at radius 1 is 1.08 bits per heavy atom. The molecule has 124 valence electrons. The van der Waals surface area contributed by atoms with Crippen molar-refractivity contribution in [2.75, 3.05) is 5.75 Å². The molecule has 0 fully saturated rings. The van der Waals surface area contributed by atoms with Crippen molar-refractivity contribution in [1.29, 1.82) is 0 Å². The van der Waals surface area contributed by atoms with E-state index in [2.05, 4.69) is 26.2 Å². The van der Waals surface area contributed by atoms with Crippen LogP contribution in [0.1, 0.15) is 5.56 Å². The van der Waals surface area contributed by atoms with Gasteiger partial charge in [-0.25, -0.2) is 4.98 Å². The van der Waals surface area contributed by atoms with E-state index in [9.17, 15) is 0 Å². The Kier molecular flexibility index (Phi) is 3.53.